The molecule has 1 N–H and O–H groups in total. The number of methoxy groups -OCH3 is 1. The number of nitrogens with one attached hydrogen (secondary N) is 1. The molecule has 5 aromatic rings. The fourth-order valence-electron chi connectivity index (χ4n) is 4.21. The summed E-state index contributed by atoms with van der Waals surface area (Å²) in [5, 5.41) is 13.6. The highest BCUT2D eigenvalue weighted by Crippen LogP contribution is 2.35. The van der Waals surface area contributed by atoms with Crippen LogP contribution in [0.25, 0.3) is 22.3 Å². The van der Waals surface area contributed by atoms with Crippen molar-refractivity contribution < 1.29 is 23.5 Å². The van der Waals surface area contributed by atoms with Crippen LogP contribution in [-0.2, 0) is 15.2 Å². The Morgan fingerprint density at radius 3 is 2.63 bits per heavy atom. The molecule has 220 valence electrons. The summed E-state index contributed by atoms with van der Waals surface area (Å²) in [7, 11) is 1.33. The standard InChI is InChI=1S/C31H27ClFN5O4S/c1-31(2,3)42-30(40)38-13-11-21-24(10-12-34-27(21)38)35-26-16-25(22-15-20(32)8-9-23(22)33)36-37-28(26)43-17-18-6-5-7-19(14-18)29(39)41-4/h5-16H,17H2,1-4H3,(H,34,35,36). The van der Waals surface area contributed by atoms with Crippen molar-refractivity contribution in [2.75, 3.05) is 12.4 Å². The van der Waals surface area contributed by atoms with Gasteiger partial charge in [-0.25, -0.2) is 23.5 Å². The Morgan fingerprint density at radius 2 is 1.86 bits per heavy atom. The van der Waals surface area contributed by atoms with E-state index in [1.54, 1.807) is 69.6 Å². The topological polar surface area (TPSA) is 108 Å². The molecule has 9 nitrogen and oxygen atoms in total. The lowest BCUT2D eigenvalue weighted by Crippen LogP contribution is -2.26. The highest BCUT2D eigenvalue weighted by molar-refractivity contribution is 7.98. The van der Waals surface area contributed by atoms with Gasteiger partial charge in [0, 0.05) is 34.1 Å². The summed E-state index contributed by atoms with van der Waals surface area (Å²) < 4.78 is 26.5. The Morgan fingerprint density at radius 1 is 1.05 bits per heavy atom. The van der Waals surface area contributed by atoms with Gasteiger partial charge in [-0.05, 0) is 74.9 Å². The molecule has 0 aliphatic rings. The number of nitrogens with zero attached hydrogens (tertiary/aromatic N) is 4. The smallest absolute Gasteiger partial charge is 0.420 e. The van der Waals surface area contributed by atoms with Crippen molar-refractivity contribution in [2.24, 2.45) is 0 Å². The van der Waals surface area contributed by atoms with Gasteiger partial charge in [0.2, 0.25) is 0 Å². The van der Waals surface area contributed by atoms with Crippen molar-refractivity contribution in [1.29, 1.82) is 0 Å². The molecule has 0 bridgehead atoms. The van der Waals surface area contributed by atoms with Gasteiger partial charge in [0.1, 0.15) is 16.4 Å². The Balaban J connectivity index is 1.52. The number of pyridine rings is 1. The minimum Gasteiger partial charge on any atom is -0.465 e. The fourth-order valence-corrected chi connectivity index (χ4v) is 5.23. The zero-order chi connectivity index (χ0) is 30.7. The Kier molecular flexibility index (Phi) is 8.65. The molecule has 0 saturated heterocycles. The molecular formula is C31H27ClFN5O4S. The number of fused-ring (bicyclic) bond motifs is 1. The van der Waals surface area contributed by atoms with Crippen molar-refractivity contribution in [3.05, 3.63) is 95.0 Å². The van der Waals surface area contributed by atoms with Crippen LogP contribution in [0.1, 0.15) is 36.7 Å². The third-order valence-corrected chi connectivity index (χ3v) is 7.42. The van der Waals surface area contributed by atoms with Crippen LogP contribution in [0, 0.1) is 5.82 Å². The summed E-state index contributed by atoms with van der Waals surface area (Å²) in [5.74, 6) is -0.466. The first-order valence-electron chi connectivity index (χ1n) is 13.1. The number of hydrogen-bond donors (Lipinski definition) is 1. The molecule has 0 saturated carbocycles. The first-order chi connectivity index (χ1) is 20.5. The van der Waals surface area contributed by atoms with E-state index in [-0.39, 0.29) is 11.3 Å². The van der Waals surface area contributed by atoms with Crippen LogP contribution < -0.4 is 5.32 Å². The molecule has 12 heteroatoms. The Bertz CT molecular complexity index is 1840. The summed E-state index contributed by atoms with van der Waals surface area (Å²) in [6, 6.07) is 16.5. The van der Waals surface area contributed by atoms with Gasteiger partial charge in [-0.3, -0.25) is 0 Å². The average Bonchev–Trinajstić information content (AvgIpc) is 3.42. The molecule has 3 heterocycles. The molecule has 2 aromatic carbocycles. The molecule has 0 unspecified atom stereocenters. The third-order valence-electron chi connectivity index (χ3n) is 6.14. The van der Waals surface area contributed by atoms with Crippen molar-refractivity contribution >= 4 is 57.8 Å². The number of anilines is 2. The first kappa shape index (κ1) is 30.0. The molecule has 0 atom stereocenters. The van der Waals surface area contributed by atoms with E-state index in [0.29, 0.717) is 43.8 Å². The van der Waals surface area contributed by atoms with Crippen molar-refractivity contribution in [2.45, 2.75) is 37.2 Å². The second kappa shape index (κ2) is 12.4. The van der Waals surface area contributed by atoms with Gasteiger partial charge in [-0.2, -0.15) is 0 Å². The quantitative estimate of drug-likeness (QED) is 0.144. The largest absolute Gasteiger partial charge is 0.465 e. The van der Waals surface area contributed by atoms with Crippen molar-refractivity contribution in [3.63, 3.8) is 0 Å². The van der Waals surface area contributed by atoms with E-state index in [1.165, 1.54) is 41.6 Å². The summed E-state index contributed by atoms with van der Waals surface area (Å²) in [6.45, 7) is 5.37. The minimum absolute atomic E-state index is 0.196. The number of halogens is 2. The first-order valence-corrected chi connectivity index (χ1v) is 14.5. The molecule has 5 rings (SSSR count). The number of aromatic nitrogens is 4. The fraction of sp³-hybridized carbons (Fsp3) is 0.194. The van der Waals surface area contributed by atoms with E-state index in [9.17, 15) is 14.0 Å². The maximum absolute atomic E-state index is 14.8. The SMILES string of the molecule is COC(=O)c1cccc(CSc2nnc(-c3cc(Cl)ccc3F)cc2Nc2ccnc3c2ccn3C(=O)OC(C)(C)C)c1. The number of benzene rings is 2. The van der Waals surface area contributed by atoms with Crippen LogP contribution in [0.3, 0.4) is 0 Å². The normalized spacial score (nSPS) is 11.4. The average molecular weight is 620 g/mol. The van der Waals surface area contributed by atoms with Crippen LogP contribution in [0.15, 0.2) is 78.1 Å². The van der Waals surface area contributed by atoms with Gasteiger partial charge in [0.15, 0.2) is 5.65 Å². The molecule has 0 radical (unpaired) electrons. The maximum Gasteiger partial charge on any atom is 0.420 e. The lowest BCUT2D eigenvalue weighted by Gasteiger charge is -2.19. The number of ether oxygens (including phenoxy) is 2. The third kappa shape index (κ3) is 6.95. The van der Waals surface area contributed by atoms with Crippen LogP contribution in [0.4, 0.5) is 20.6 Å². The number of hydrogen-bond acceptors (Lipinski definition) is 9. The highest BCUT2D eigenvalue weighted by atomic mass is 35.5. The van der Waals surface area contributed by atoms with Crippen LogP contribution >= 0.6 is 23.4 Å². The highest BCUT2D eigenvalue weighted by Gasteiger charge is 2.21. The van der Waals surface area contributed by atoms with Crippen molar-refractivity contribution in [3.8, 4) is 11.3 Å². The van der Waals surface area contributed by atoms with Crippen LogP contribution in [0.2, 0.25) is 5.02 Å². The molecule has 0 spiro atoms. The molecule has 3 aromatic heterocycles. The lowest BCUT2D eigenvalue weighted by molar-refractivity contribution is 0.0542. The molecule has 0 fully saturated rings. The molecule has 0 amide bonds. The monoisotopic (exact) mass is 619 g/mol. The van der Waals surface area contributed by atoms with E-state index in [2.05, 4.69) is 20.5 Å². The Labute approximate surface area is 256 Å². The van der Waals surface area contributed by atoms with E-state index >= 15 is 0 Å². The number of thioether (sulfide) groups is 1. The predicted molar refractivity (Wildman–Crippen MR) is 164 cm³/mol. The number of carbonyl (C=O) groups is 2. The van der Waals surface area contributed by atoms with Gasteiger partial charge >= 0.3 is 12.1 Å². The van der Waals surface area contributed by atoms with Gasteiger partial charge in [-0.1, -0.05) is 35.5 Å². The minimum atomic E-state index is -0.680. The number of rotatable bonds is 7. The molecular weight excluding hydrogens is 593 g/mol. The summed E-state index contributed by atoms with van der Waals surface area (Å²) in [4.78, 5) is 29.2. The zero-order valence-corrected chi connectivity index (χ0v) is 25.3. The number of esters is 1. The van der Waals surface area contributed by atoms with Crippen molar-refractivity contribution in [1.82, 2.24) is 19.7 Å². The zero-order valence-electron chi connectivity index (χ0n) is 23.7. The molecule has 0 aliphatic heterocycles. The summed E-state index contributed by atoms with van der Waals surface area (Å²) >= 11 is 7.53. The number of carbonyl (C=O) groups excluding carboxylic acids is 2. The van der Waals surface area contributed by atoms with E-state index < -0.39 is 23.5 Å². The second-order valence-electron chi connectivity index (χ2n) is 10.4. The second-order valence-corrected chi connectivity index (χ2v) is 11.8. The lowest BCUT2D eigenvalue weighted by atomic mass is 10.1. The summed E-state index contributed by atoms with van der Waals surface area (Å²) in [6.07, 6.45) is 2.61. The maximum atomic E-state index is 14.8. The summed E-state index contributed by atoms with van der Waals surface area (Å²) in [5.41, 5.74) is 2.66. The van der Waals surface area contributed by atoms with Crippen LogP contribution in [-0.4, -0.2) is 44.5 Å². The van der Waals surface area contributed by atoms with Gasteiger partial charge < -0.3 is 14.8 Å². The molecule has 43 heavy (non-hydrogen) atoms. The van der Waals surface area contributed by atoms with Gasteiger partial charge in [-0.15, -0.1) is 10.2 Å². The van der Waals surface area contributed by atoms with Gasteiger partial charge in [0.25, 0.3) is 0 Å². The van der Waals surface area contributed by atoms with E-state index in [0.717, 1.165) is 5.56 Å². The Hall–Kier alpha value is -4.48. The van der Waals surface area contributed by atoms with Crippen LogP contribution in [0.5, 0.6) is 0 Å². The molecule has 0 aliphatic carbocycles. The van der Waals surface area contributed by atoms with Gasteiger partial charge in [0.05, 0.1) is 29.7 Å². The predicted octanol–water partition coefficient (Wildman–Crippen LogP) is 7.89. The van der Waals surface area contributed by atoms with E-state index in [1.807, 2.05) is 6.07 Å². The van der Waals surface area contributed by atoms with E-state index in [4.69, 9.17) is 21.1 Å².